The van der Waals surface area contributed by atoms with Crippen molar-refractivity contribution in [2.75, 3.05) is 44.3 Å². The highest BCUT2D eigenvalue weighted by Crippen LogP contribution is 2.29. The molecule has 2 saturated heterocycles. The summed E-state index contributed by atoms with van der Waals surface area (Å²) in [6.45, 7) is 3.07. The maximum absolute atomic E-state index is 13.2. The number of benzene rings is 2. The molecule has 0 bridgehead atoms. The van der Waals surface area contributed by atoms with Gasteiger partial charge in [0.05, 0.1) is 29.4 Å². The normalized spacial score (nSPS) is 17.5. The zero-order valence-electron chi connectivity index (χ0n) is 18.2. The van der Waals surface area contributed by atoms with E-state index in [-0.39, 0.29) is 21.8 Å². The second kappa shape index (κ2) is 9.90. The van der Waals surface area contributed by atoms with E-state index < -0.39 is 21.9 Å². The molecule has 0 atom stereocenters. The van der Waals surface area contributed by atoms with Crippen LogP contribution >= 0.6 is 0 Å². The number of carbonyl (C=O) groups is 2. The summed E-state index contributed by atoms with van der Waals surface area (Å²) in [5, 5.41) is 0. The lowest BCUT2D eigenvalue weighted by Gasteiger charge is -2.31. The number of sulfonamides is 1. The van der Waals surface area contributed by atoms with Gasteiger partial charge in [-0.15, -0.1) is 0 Å². The predicted octanol–water partition coefficient (Wildman–Crippen LogP) is 2.02. The molecule has 2 N–H and O–H groups in total. The number of rotatable bonds is 6. The van der Waals surface area contributed by atoms with Gasteiger partial charge in [-0.1, -0.05) is 12.5 Å². The van der Waals surface area contributed by atoms with Gasteiger partial charge in [0.15, 0.2) is 0 Å². The van der Waals surface area contributed by atoms with Crippen molar-refractivity contribution in [1.82, 2.24) is 4.31 Å². The first-order chi connectivity index (χ1) is 15.9. The zero-order valence-corrected chi connectivity index (χ0v) is 19.1. The molecule has 2 aliphatic heterocycles. The molecule has 9 nitrogen and oxygen atoms in total. The topological polar surface area (TPSA) is 119 Å². The molecule has 0 saturated carbocycles. The molecule has 4 rings (SSSR count). The van der Waals surface area contributed by atoms with Crippen molar-refractivity contribution in [3.63, 3.8) is 0 Å². The molecular formula is C23H27N3O6S. The molecule has 33 heavy (non-hydrogen) atoms. The number of anilines is 1. The Kier molecular flexibility index (Phi) is 6.96. The highest BCUT2D eigenvalue weighted by Gasteiger charge is 2.29. The number of morpholine rings is 1. The number of nitrogens with two attached hydrogens (primary N) is 1. The number of amides is 1. The molecule has 2 fully saturated rings. The molecule has 2 aromatic rings. The smallest absolute Gasteiger partial charge is 0.345 e. The number of ether oxygens (including phenoxy) is 2. The van der Waals surface area contributed by atoms with Crippen molar-refractivity contribution in [1.29, 1.82) is 0 Å². The minimum absolute atomic E-state index is 0.0549. The quantitative estimate of drug-likeness (QED) is 0.503. The highest BCUT2D eigenvalue weighted by molar-refractivity contribution is 7.89. The maximum atomic E-state index is 13.2. The van der Waals surface area contributed by atoms with Gasteiger partial charge < -0.3 is 20.1 Å². The van der Waals surface area contributed by atoms with E-state index in [0.29, 0.717) is 45.1 Å². The number of hydrogen-bond acceptors (Lipinski definition) is 7. The van der Waals surface area contributed by atoms with Gasteiger partial charge in [0.25, 0.3) is 0 Å². The standard InChI is InChI=1S/C23H27N3O6S/c24-22(27)17-5-4-6-18(15-17)32-23(28)20-16-19(33(29,30)26-9-2-1-3-10-26)7-8-21(20)25-11-13-31-14-12-25/h4-8,15-16H,1-3,9-14H2,(H2,24,27). The summed E-state index contributed by atoms with van der Waals surface area (Å²) < 4.78 is 38.8. The van der Waals surface area contributed by atoms with Crippen molar-refractivity contribution < 1.29 is 27.5 Å². The Bertz CT molecular complexity index is 1140. The van der Waals surface area contributed by atoms with Crippen LogP contribution < -0.4 is 15.4 Å². The average molecular weight is 474 g/mol. The van der Waals surface area contributed by atoms with Crippen LogP contribution in [0.25, 0.3) is 0 Å². The zero-order chi connectivity index (χ0) is 23.4. The van der Waals surface area contributed by atoms with Crippen LogP contribution in [0.3, 0.4) is 0 Å². The van der Waals surface area contributed by atoms with Crippen molar-refractivity contribution in [3.05, 3.63) is 53.6 Å². The minimum Gasteiger partial charge on any atom is -0.423 e. The van der Waals surface area contributed by atoms with Crippen LogP contribution in [-0.4, -0.2) is 64.0 Å². The molecule has 176 valence electrons. The van der Waals surface area contributed by atoms with Crippen molar-refractivity contribution in [2.45, 2.75) is 24.2 Å². The Morgan fingerprint density at radius 3 is 2.36 bits per heavy atom. The van der Waals surface area contributed by atoms with Gasteiger partial charge in [0.1, 0.15) is 5.75 Å². The first kappa shape index (κ1) is 23.2. The van der Waals surface area contributed by atoms with E-state index in [2.05, 4.69) is 0 Å². The van der Waals surface area contributed by atoms with E-state index >= 15 is 0 Å². The van der Waals surface area contributed by atoms with E-state index in [9.17, 15) is 18.0 Å². The van der Waals surface area contributed by atoms with E-state index in [4.69, 9.17) is 15.2 Å². The summed E-state index contributed by atoms with van der Waals surface area (Å²) in [5.41, 5.74) is 6.23. The monoisotopic (exact) mass is 473 g/mol. The second-order valence-electron chi connectivity index (χ2n) is 8.02. The molecule has 0 unspecified atom stereocenters. The van der Waals surface area contributed by atoms with Crippen LogP contribution in [0.5, 0.6) is 5.75 Å². The third-order valence-electron chi connectivity index (χ3n) is 5.82. The Morgan fingerprint density at radius 1 is 0.939 bits per heavy atom. The summed E-state index contributed by atoms with van der Waals surface area (Å²) in [5.74, 6) is -1.21. The van der Waals surface area contributed by atoms with Gasteiger partial charge in [-0.2, -0.15) is 4.31 Å². The van der Waals surface area contributed by atoms with Gasteiger partial charge in [-0.3, -0.25) is 4.79 Å². The fourth-order valence-corrected chi connectivity index (χ4v) is 5.59. The van der Waals surface area contributed by atoms with Gasteiger partial charge >= 0.3 is 5.97 Å². The van der Waals surface area contributed by atoms with Gasteiger partial charge in [0, 0.05) is 31.7 Å². The molecule has 2 heterocycles. The molecule has 0 spiro atoms. The molecule has 2 aromatic carbocycles. The average Bonchev–Trinajstić information content (AvgIpc) is 2.85. The lowest BCUT2D eigenvalue weighted by Crippen LogP contribution is -2.38. The number of piperidine rings is 1. The Hall–Kier alpha value is -2.95. The fourth-order valence-electron chi connectivity index (χ4n) is 4.05. The van der Waals surface area contributed by atoms with E-state index in [0.717, 1.165) is 19.3 Å². The van der Waals surface area contributed by atoms with Crippen LogP contribution in [0.15, 0.2) is 47.4 Å². The summed E-state index contributed by atoms with van der Waals surface area (Å²) in [6.07, 6.45) is 2.64. The van der Waals surface area contributed by atoms with Crippen LogP contribution in [0.4, 0.5) is 5.69 Å². The van der Waals surface area contributed by atoms with Crippen molar-refractivity contribution in [3.8, 4) is 5.75 Å². The molecule has 0 aromatic heterocycles. The van der Waals surface area contributed by atoms with E-state index in [1.54, 1.807) is 18.2 Å². The predicted molar refractivity (Wildman–Crippen MR) is 122 cm³/mol. The van der Waals surface area contributed by atoms with Gasteiger partial charge in [0.2, 0.25) is 15.9 Å². The first-order valence-corrected chi connectivity index (χ1v) is 12.4. The van der Waals surface area contributed by atoms with Crippen molar-refractivity contribution >= 4 is 27.6 Å². The Morgan fingerprint density at radius 2 is 1.67 bits per heavy atom. The second-order valence-corrected chi connectivity index (χ2v) is 9.96. The van der Waals surface area contributed by atoms with Crippen LogP contribution in [0.1, 0.15) is 40.0 Å². The molecule has 2 aliphatic rings. The van der Waals surface area contributed by atoms with Gasteiger partial charge in [-0.25, -0.2) is 13.2 Å². The minimum atomic E-state index is -3.74. The number of primary amides is 1. The van der Waals surface area contributed by atoms with Crippen LogP contribution in [0.2, 0.25) is 0 Å². The number of nitrogens with zero attached hydrogens (tertiary/aromatic N) is 2. The third kappa shape index (κ3) is 5.18. The molecule has 1 amide bonds. The maximum Gasteiger partial charge on any atom is 0.345 e. The third-order valence-corrected chi connectivity index (χ3v) is 7.72. The number of carbonyl (C=O) groups excluding carboxylic acids is 2. The summed E-state index contributed by atoms with van der Waals surface area (Å²) >= 11 is 0. The molecule has 10 heteroatoms. The largest absolute Gasteiger partial charge is 0.423 e. The Balaban J connectivity index is 1.69. The molecule has 0 radical (unpaired) electrons. The molecule has 0 aliphatic carbocycles. The summed E-state index contributed by atoms with van der Waals surface area (Å²) in [7, 11) is -3.74. The summed E-state index contributed by atoms with van der Waals surface area (Å²) in [4.78, 5) is 26.7. The SMILES string of the molecule is NC(=O)c1cccc(OC(=O)c2cc(S(=O)(=O)N3CCCCC3)ccc2N2CCOCC2)c1. The lowest BCUT2D eigenvalue weighted by molar-refractivity contribution is 0.0732. The Labute approximate surface area is 193 Å². The number of hydrogen-bond donors (Lipinski definition) is 1. The fraction of sp³-hybridized carbons (Fsp3) is 0.391. The van der Waals surface area contributed by atoms with Crippen molar-refractivity contribution in [2.24, 2.45) is 5.73 Å². The van der Waals surface area contributed by atoms with E-state index in [1.807, 2.05) is 4.90 Å². The number of esters is 1. The van der Waals surface area contributed by atoms with E-state index in [1.165, 1.54) is 28.6 Å². The van der Waals surface area contributed by atoms with Gasteiger partial charge in [-0.05, 0) is 49.2 Å². The molecular weight excluding hydrogens is 446 g/mol. The first-order valence-electron chi connectivity index (χ1n) is 11.0. The van der Waals surface area contributed by atoms with Crippen LogP contribution in [-0.2, 0) is 14.8 Å². The highest BCUT2D eigenvalue weighted by atomic mass is 32.2. The lowest BCUT2D eigenvalue weighted by atomic mass is 10.1. The summed E-state index contributed by atoms with van der Waals surface area (Å²) in [6, 6.07) is 10.6. The van der Waals surface area contributed by atoms with Crippen LogP contribution in [0, 0.1) is 0 Å².